The second-order valence-corrected chi connectivity index (χ2v) is 7.07. The van der Waals surface area contributed by atoms with Crippen LogP contribution in [0, 0.1) is 0 Å². The van der Waals surface area contributed by atoms with Crippen molar-refractivity contribution < 1.29 is 14.3 Å². The molecule has 4 rings (SSSR count). The quantitative estimate of drug-likeness (QED) is 0.522. The van der Waals surface area contributed by atoms with E-state index in [1.54, 1.807) is 11.0 Å². The number of morpholine rings is 1. The Bertz CT molecular complexity index is 780. The van der Waals surface area contributed by atoms with Gasteiger partial charge < -0.3 is 19.5 Å². The third kappa shape index (κ3) is 12.4. The van der Waals surface area contributed by atoms with Gasteiger partial charge in [0, 0.05) is 31.2 Å². The van der Waals surface area contributed by atoms with E-state index in [4.69, 9.17) is 16.3 Å². The number of fused-ring (bicyclic) bond motifs is 1. The topological polar surface area (TPSA) is 76.5 Å². The number of carbonyl (C=O) groups is 2. The van der Waals surface area contributed by atoms with Gasteiger partial charge in [0.2, 0.25) is 6.41 Å². The fourth-order valence-corrected chi connectivity index (χ4v) is 3.06. The van der Waals surface area contributed by atoms with Crippen LogP contribution in [-0.2, 0) is 29.0 Å². The van der Waals surface area contributed by atoms with Crippen LogP contribution in [-0.4, -0.2) is 60.0 Å². The summed E-state index contributed by atoms with van der Waals surface area (Å²) in [4.78, 5) is 26.7. The number of rotatable bonds is 3. The average Bonchev–Trinajstić information content (AvgIpc) is 3.30. The molecule has 1 amide bonds. The van der Waals surface area contributed by atoms with Crippen LogP contribution in [0.1, 0.15) is 49.6 Å². The van der Waals surface area contributed by atoms with Gasteiger partial charge in [-0.1, -0.05) is 56.6 Å². The predicted molar refractivity (Wildman–Crippen MR) is 136 cm³/mol. The Morgan fingerprint density at radius 2 is 1.82 bits per heavy atom. The number of nitrogens with one attached hydrogen (secondary N) is 1. The van der Waals surface area contributed by atoms with Crippen LogP contribution in [0.3, 0.4) is 0 Å². The predicted octanol–water partition coefficient (Wildman–Crippen LogP) is 4.39. The maximum atomic E-state index is 10.5. The van der Waals surface area contributed by atoms with E-state index in [0.29, 0.717) is 25.3 Å². The first-order valence-corrected chi connectivity index (χ1v) is 11.8. The van der Waals surface area contributed by atoms with Crippen LogP contribution in [0.5, 0.6) is 0 Å². The molecular weight excluding hydrogens is 440 g/mol. The molecule has 1 fully saturated rings. The molecule has 1 N–H and O–H groups in total. The Morgan fingerprint density at radius 1 is 1.18 bits per heavy atom. The Kier molecular flexibility index (Phi) is 18.6. The molecule has 8 heteroatoms. The molecule has 0 atom stereocenters. The molecule has 7 nitrogen and oxygen atoms in total. The second-order valence-electron chi connectivity index (χ2n) is 6.66. The Hall–Kier alpha value is -2.48. The molecule has 33 heavy (non-hydrogen) atoms. The van der Waals surface area contributed by atoms with Crippen molar-refractivity contribution >= 4 is 24.3 Å². The van der Waals surface area contributed by atoms with E-state index in [0.717, 1.165) is 56.3 Å². The molecule has 0 spiro atoms. The fourth-order valence-electron chi connectivity index (χ4n) is 2.79. The number of aromatic nitrogens is 2. The summed E-state index contributed by atoms with van der Waals surface area (Å²) >= 11 is 5.82. The SMILES string of the molecule is C1COCCN1.C=CC.CC.CCc1ccccc1Cl.O=Cc1cnc2n1CCN(C=O)C2. The third-order valence-corrected chi connectivity index (χ3v) is 4.75. The highest BCUT2D eigenvalue weighted by molar-refractivity contribution is 6.31. The number of aldehydes is 1. The molecule has 0 radical (unpaired) electrons. The Morgan fingerprint density at radius 3 is 2.24 bits per heavy atom. The van der Waals surface area contributed by atoms with Gasteiger partial charge in [0.05, 0.1) is 26.0 Å². The van der Waals surface area contributed by atoms with E-state index in [9.17, 15) is 9.59 Å². The average molecular weight is 479 g/mol. The lowest BCUT2D eigenvalue weighted by atomic mass is 10.2. The fraction of sp³-hybridized carbons (Fsp3) is 0.480. The molecule has 0 aliphatic carbocycles. The number of imidazole rings is 1. The van der Waals surface area contributed by atoms with Crippen LogP contribution in [0.4, 0.5) is 0 Å². The zero-order valence-electron chi connectivity index (χ0n) is 20.4. The van der Waals surface area contributed by atoms with Gasteiger partial charge in [0.1, 0.15) is 11.5 Å². The summed E-state index contributed by atoms with van der Waals surface area (Å²) in [5.74, 6) is 0.778. The molecule has 1 aromatic carbocycles. The second kappa shape index (κ2) is 20.1. The summed E-state index contributed by atoms with van der Waals surface area (Å²) in [6, 6.07) is 7.91. The molecule has 184 valence electrons. The summed E-state index contributed by atoms with van der Waals surface area (Å²) in [5, 5.41) is 4.03. The molecule has 0 unspecified atom stereocenters. The Labute approximate surface area is 203 Å². The molecular formula is C25H39ClN4O3. The van der Waals surface area contributed by atoms with Crippen molar-refractivity contribution in [3.8, 4) is 0 Å². The van der Waals surface area contributed by atoms with Crippen LogP contribution >= 0.6 is 11.6 Å². The number of halogens is 1. The largest absolute Gasteiger partial charge is 0.379 e. The first-order valence-electron chi connectivity index (χ1n) is 11.4. The van der Waals surface area contributed by atoms with Crippen LogP contribution in [0.25, 0.3) is 0 Å². The van der Waals surface area contributed by atoms with E-state index < -0.39 is 0 Å². The summed E-state index contributed by atoms with van der Waals surface area (Å²) in [7, 11) is 0. The van der Waals surface area contributed by atoms with Crippen molar-refractivity contribution in [2.24, 2.45) is 0 Å². The number of hydrogen-bond acceptors (Lipinski definition) is 5. The zero-order chi connectivity index (χ0) is 24.9. The number of nitrogens with zero attached hydrogens (tertiary/aromatic N) is 3. The lowest BCUT2D eigenvalue weighted by Crippen LogP contribution is -2.33. The van der Waals surface area contributed by atoms with Gasteiger partial charge in [0.15, 0.2) is 6.29 Å². The molecule has 1 aromatic heterocycles. The number of amides is 1. The van der Waals surface area contributed by atoms with Crippen molar-refractivity contribution in [1.82, 2.24) is 19.8 Å². The molecule has 0 saturated carbocycles. The van der Waals surface area contributed by atoms with Gasteiger partial charge in [-0.3, -0.25) is 9.59 Å². The lowest BCUT2D eigenvalue weighted by Gasteiger charge is -2.24. The number of benzene rings is 1. The highest BCUT2D eigenvalue weighted by Crippen LogP contribution is 2.14. The lowest BCUT2D eigenvalue weighted by molar-refractivity contribution is -0.119. The number of aryl methyl sites for hydroxylation is 1. The smallest absolute Gasteiger partial charge is 0.210 e. The standard InChI is InChI=1S/C8H9Cl.C8H9N3O2.C4H9NO.C3H6.C2H6/c1-2-7-5-3-4-6-8(7)9;12-5-7-3-9-8-4-10(6-13)1-2-11(7)8;1-3-6-4-2-5-1;1-3-2;1-2/h3-6H,2H2,1H3;3,5-6H,1-2,4H2;5H,1-4H2;3H,1H2,2H3;1-2H3. The highest BCUT2D eigenvalue weighted by Gasteiger charge is 2.17. The van der Waals surface area contributed by atoms with Gasteiger partial charge in [-0.05, 0) is 25.0 Å². The van der Waals surface area contributed by atoms with Crippen LogP contribution in [0.15, 0.2) is 43.1 Å². The van der Waals surface area contributed by atoms with E-state index in [1.807, 2.05) is 49.6 Å². The van der Waals surface area contributed by atoms with Gasteiger partial charge in [0.25, 0.3) is 0 Å². The molecule has 2 aliphatic rings. The number of carbonyl (C=O) groups excluding carboxylic acids is 2. The summed E-state index contributed by atoms with van der Waals surface area (Å²) < 4.78 is 6.85. The van der Waals surface area contributed by atoms with Crippen molar-refractivity contribution in [2.45, 2.75) is 47.2 Å². The van der Waals surface area contributed by atoms with E-state index in [-0.39, 0.29) is 0 Å². The third-order valence-electron chi connectivity index (χ3n) is 4.38. The number of allylic oxidation sites excluding steroid dienone is 1. The van der Waals surface area contributed by atoms with Crippen LogP contribution < -0.4 is 5.32 Å². The van der Waals surface area contributed by atoms with Gasteiger partial charge in [-0.2, -0.15) is 0 Å². The number of hydrogen-bond donors (Lipinski definition) is 1. The maximum absolute atomic E-state index is 10.5. The van der Waals surface area contributed by atoms with Crippen molar-refractivity contribution in [1.29, 1.82) is 0 Å². The molecule has 0 bridgehead atoms. The summed E-state index contributed by atoms with van der Waals surface area (Å²) in [6.07, 6.45) is 5.89. The number of ether oxygens (including phenoxy) is 1. The minimum atomic E-state index is 0.497. The van der Waals surface area contributed by atoms with Crippen LogP contribution in [0.2, 0.25) is 5.02 Å². The molecule has 2 aliphatic heterocycles. The summed E-state index contributed by atoms with van der Waals surface area (Å²) in [6.45, 7) is 17.0. The monoisotopic (exact) mass is 478 g/mol. The van der Waals surface area contributed by atoms with E-state index >= 15 is 0 Å². The van der Waals surface area contributed by atoms with Gasteiger partial charge >= 0.3 is 0 Å². The first kappa shape index (κ1) is 30.5. The zero-order valence-corrected chi connectivity index (χ0v) is 21.2. The molecule has 3 heterocycles. The first-order chi connectivity index (χ1) is 16.1. The van der Waals surface area contributed by atoms with Crippen molar-refractivity contribution in [2.75, 3.05) is 32.8 Å². The minimum absolute atomic E-state index is 0.497. The van der Waals surface area contributed by atoms with E-state index in [2.05, 4.69) is 23.8 Å². The maximum Gasteiger partial charge on any atom is 0.210 e. The van der Waals surface area contributed by atoms with Crippen molar-refractivity contribution in [3.05, 3.63) is 65.2 Å². The van der Waals surface area contributed by atoms with E-state index in [1.165, 1.54) is 11.8 Å². The van der Waals surface area contributed by atoms with Gasteiger partial charge in [-0.25, -0.2) is 4.98 Å². The normalized spacial score (nSPS) is 13.5. The van der Waals surface area contributed by atoms with Gasteiger partial charge in [-0.15, -0.1) is 6.58 Å². The Balaban J connectivity index is 0.000000447. The van der Waals surface area contributed by atoms with Crippen molar-refractivity contribution in [3.63, 3.8) is 0 Å². The molecule has 2 aromatic rings. The highest BCUT2D eigenvalue weighted by atomic mass is 35.5. The summed E-state index contributed by atoms with van der Waals surface area (Å²) in [5.41, 5.74) is 1.81. The minimum Gasteiger partial charge on any atom is -0.379 e. The molecule has 1 saturated heterocycles.